The van der Waals surface area contributed by atoms with E-state index in [0.29, 0.717) is 0 Å². The van der Waals surface area contributed by atoms with E-state index in [1.807, 2.05) is 0 Å². The Bertz CT molecular complexity index is 3910. The molecule has 9 aromatic carbocycles. The first kappa shape index (κ1) is 36.1. The molecular formula is C58H44N4Si. The van der Waals surface area contributed by atoms with Crippen molar-refractivity contribution >= 4 is 124 Å². The monoisotopic (exact) mass is 824 g/mol. The minimum Gasteiger partial charge on any atom is -0.310 e. The van der Waals surface area contributed by atoms with Crippen LogP contribution in [-0.4, -0.2) is 16.9 Å². The molecule has 5 heteroatoms. The molecule has 0 aliphatic heterocycles. The van der Waals surface area contributed by atoms with Gasteiger partial charge in [-0.25, -0.2) is 0 Å². The first-order valence-electron chi connectivity index (χ1n) is 22.0. The number of benzene rings is 9. The van der Waals surface area contributed by atoms with Gasteiger partial charge in [-0.3, -0.25) is 0 Å². The third-order valence-electron chi connectivity index (χ3n) is 13.5. The maximum absolute atomic E-state index is 2.55. The molecule has 0 saturated carbocycles. The van der Waals surface area contributed by atoms with Gasteiger partial charge in [-0.2, -0.15) is 0 Å². The normalized spacial score (nSPS) is 12.4. The van der Waals surface area contributed by atoms with E-state index in [1.54, 1.807) is 0 Å². The standard InChI is InChI=1S/C58H44N4Si/c1-37-15-11-20-40(31-37)59(38-16-7-5-8-17-38)42-27-29-45-47-23-13-25-49-51-36-56-52(35-55(51)61(57(47)49)53(45)33-42)50-26-14-24-48-46-30-28-43(34-54(46)62(56)58(48)50)60(39-18-9-6-10-19-39)41-21-12-22-44(32-41)63(2,3)4/h5-36H,1-4H3. The highest BCUT2D eigenvalue weighted by molar-refractivity contribution is 6.88. The van der Waals surface area contributed by atoms with Crippen LogP contribution in [0.4, 0.5) is 34.1 Å². The Morgan fingerprint density at radius 3 is 1.19 bits per heavy atom. The van der Waals surface area contributed by atoms with E-state index < -0.39 is 8.07 Å². The molecule has 4 heterocycles. The minimum absolute atomic E-state index is 1.13. The Hall–Kier alpha value is -7.60. The fourth-order valence-corrected chi connectivity index (χ4v) is 11.8. The maximum atomic E-state index is 2.55. The second kappa shape index (κ2) is 13.2. The summed E-state index contributed by atoms with van der Waals surface area (Å²) in [4.78, 5) is 4.81. The number of hydrogen-bond acceptors (Lipinski definition) is 2. The lowest BCUT2D eigenvalue weighted by Gasteiger charge is -2.27. The fourth-order valence-electron chi connectivity index (χ4n) is 10.6. The molecular weight excluding hydrogens is 781 g/mol. The van der Waals surface area contributed by atoms with Gasteiger partial charge in [0.05, 0.1) is 41.2 Å². The predicted octanol–water partition coefficient (Wildman–Crippen LogP) is 15.8. The highest BCUT2D eigenvalue weighted by Gasteiger charge is 2.25. The zero-order valence-electron chi connectivity index (χ0n) is 35.8. The van der Waals surface area contributed by atoms with Crippen molar-refractivity contribution in [2.45, 2.75) is 26.6 Å². The molecule has 4 nitrogen and oxygen atoms in total. The van der Waals surface area contributed by atoms with Crippen molar-refractivity contribution in [3.8, 4) is 0 Å². The molecule has 300 valence electrons. The first-order valence-corrected chi connectivity index (χ1v) is 25.5. The van der Waals surface area contributed by atoms with Crippen LogP contribution in [0.2, 0.25) is 19.6 Å². The molecule has 13 rings (SSSR count). The number of para-hydroxylation sites is 4. The molecule has 63 heavy (non-hydrogen) atoms. The third kappa shape index (κ3) is 5.27. The second-order valence-corrected chi connectivity index (χ2v) is 23.4. The number of hydrogen-bond donors (Lipinski definition) is 0. The quantitative estimate of drug-likeness (QED) is 0.149. The predicted molar refractivity (Wildman–Crippen MR) is 273 cm³/mol. The van der Waals surface area contributed by atoms with Gasteiger partial charge in [-0.05, 0) is 97.4 Å². The van der Waals surface area contributed by atoms with Gasteiger partial charge in [-0.1, -0.05) is 134 Å². The fraction of sp³-hybridized carbons (Fsp3) is 0.0690. The van der Waals surface area contributed by atoms with Crippen molar-refractivity contribution in [1.29, 1.82) is 0 Å². The van der Waals surface area contributed by atoms with Crippen molar-refractivity contribution in [3.05, 3.63) is 200 Å². The largest absolute Gasteiger partial charge is 0.310 e. The number of rotatable bonds is 7. The van der Waals surface area contributed by atoms with Gasteiger partial charge in [0.1, 0.15) is 0 Å². The van der Waals surface area contributed by atoms with Crippen molar-refractivity contribution in [3.63, 3.8) is 0 Å². The summed E-state index contributed by atoms with van der Waals surface area (Å²) in [6.45, 7) is 9.44. The molecule has 0 bridgehead atoms. The topological polar surface area (TPSA) is 15.3 Å². The van der Waals surface area contributed by atoms with Crippen molar-refractivity contribution < 1.29 is 0 Å². The van der Waals surface area contributed by atoms with Gasteiger partial charge >= 0.3 is 0 Å². The molecule has 0 aliphatic carbocycles. The number of nitrogens with zero attached hydrogens (tertiary/aromatic N) is 4. The zero-order valence-corrected chi connectivity index (χ0v) is 36.8. The molecule has 13 aromatic rings. The van der Waals surface area contributed by atoms with Crippen LogP contribution in [0.1, 0.15) is 5.56 Å². The van der Waals surface area contributed by atoms with Crippen LogP contribution >= 0.6 is 0 Å². The first-order chi connectivity index (χ1) is 30.8. The summed E-state index contributed by atoms with van der Waals surface area (Å²) in [5.74, 6) is 0. The lowest BCUT2D eigenvalue weighted by Crippen LogP contribution is -2.37. The summed E-state index contributed by atoms with van der Waals surface area (Å²) < 4.78 is 5.08. The van der Waals surface area contributed by atoms with Gasteiger partial charge in [0.15, 0.2) is 0 Å². The van der Waals surface area contributed by atoms with Gasteiger partial charge in [0.2, 0.25) is 0 Å². The summed E-state index contributed by atoms with van der Waals surface area (Å²) in [6.07, 6.45) is 0. The Balaban J connectivity index is 1.07. The smallest absolute Gasteiger partial charge is 0.0776 e. The Morgan fingerprint density at radius 1 is 0.317 bits per heavy atom. The van der Waals surface area contributed by atoms with E-state index in [2.05, 4.69) is 239 Å². The summed E-state index contributed by atoms with van der Waals surface area (Å²) in [5.41, 5.74) is 15.6. The molecule has 0 saturated heterocycles. The van der Waals surface area contributed by atoms with Crippen LogP contribution in [-0.2, 0) is 0 Å². The van der Waals surface area contributed by atoms with Crippen molar-refractivity contribution in [2.75, 3.05) is 9.80 Å². The number of anilines is 6. The molecule has 0 fully saturated rings. The van der Waals surface area contributed by atoms with E-state index in [1.165, 1.54) is 92.6 Å². The van der Waals surface area contributed by atoms with Gasteiger partial charge in [0.25, 0.3) is 0 Å². The summed E-state index contributed by atoms with van der Waals surface area (Å²) in [7, 11) is -1.56. The zero-order chi connectivity index (χ0) is 42.1. The van der Waals surface area contributed by atoms with E-state index in [4.69, 9.17) is 0 Å². The molecule has 0 atom stereocenters. The molecule has 0 amide bonds. The van der Waals surface area contributed by atoms with E-state index in [-0.39, 0.29) is 0 Å². The number of fused-ring (bicyclic) bond motifs is 12. The van der Waals surface area contributed by atoms with Crippen LogP contribution in [0.5, 0.6) is 0 Å². The van der Waals surface area contributed by atoms with Crippen LogP contribution in [0.15, 0.2) is 194 Å². The molecule has 4 aromatic heterocycles. The molecule has 0 aliphatic rings. The lowest BCUT2D eigenvalue weighted by molar-refractivity contribution is 1.27. The Kier molecular flexibility index (Phi) is 7.56. The van der Waals surface area contributed by atoms with Gasteiger partial charge < -0.3 is 18.6 Å². The highest BCUT2D eigenvalue weighted by atomic mass is 28.3. The second-order valence-electron chi connectivity index (χ2n) is 18.3. The van der Waals surface area contributed by atoms with Gasteiger partial charge in [0, 0.05) is 77.2 Å². The number of aromatic nitrogens is 2. The maximum Gasteiger partial charge on any atom is 0.0776 e. The molecule has 0 N–H and O–H groups in total. The van der Waals surface area contributed by atoms with Crippen molar-refractivity contribution in [2.24, 2.45) is 0 Å². The highest BCUT2D eigenvalue weighted by Crippen LogP contribution is 2.47. The summed E-state index contributed by atoms with van der Waals surface area (Å²) in [6, 6.07) is 72.3. The Labute approximate surface area is 366 Å². The van der Waals surface area contributed by atoms with E-state index >= 15 is 0 Å². The van der Waals surface area contributed by atoms with Crippen LogP contribution in [0, 0.1) is 6.92 Å². The molecule has 0 radical (unpaired) electrons. The van der Waals surface area contributed by atoms with Gasteiger partial charge in [-0.15, -0.1) is 0 Å². The Morgan fingerprint density at radius 2 is 0.714 bits per heavy atom. The average Bonchev–Trinajstić information content (AvgIpc) is 4.02. The van der Waals surface area contributed by atoms with Crippen LogP contribution in [0.25, 0.3) is 76.2 Å². The summed E-state index contributed by atoms with van der Waals surface area (Å²) in [5, 5.41) is 11.7. The van der Waals surface area contributed by atoms with Crippen LogP contribution < -0.4 is 15.0 Å². The SMILES string of the molecule is Cc1cccc(N(c2ccccc2)c2ccc3c4cccc5c6cc7c(cc6n(c3c2)c45)c2cccc3c4ccc(N(c5ccccc5)c5cccc([Si](C)(C)C)c5)cc4n7c32)c1. The molecule has 0 spiro atoms. The van der Waals surface area contributed by atoms with E-state index in [0.717, 1.165) is 28.4 Å². The van der Waals surface area contributed by atoms with E-state index in [9.17, 15) is 0 Å². The number of aryl methyl sites for hydroxylation is 1. The van der Waals surface area contributed by atoms with Crippen molar-refractivity contribution in [1.82, 2.24) is 8.80 Å². The minimum atomic E-state index is -1.56. The average molecular weight is 825 g/mol. The summed E-state index contributed by atoms with van der Waals surface area (Å²) >= 11 is 0. The molecule has 0 unspecified atom stereocenters. The third-order valence-corrected chi connectivity index (χ3v) is 15.5. The lowest BCUT2D eigenvalue weighted by atomic mass is 10.0. The van der Waals surface area contributed by atoms with Crippen LogP contribution in [0.3, 0.4) is 0 Å².